The van der Waals surface area contributed by atoms with Crippen LogP contribution in [0.1, 0.15) is 23.3 Å². The number of carbonyl (C=O) groups excluding carboxylic acids is 1. The molecule has 5 heteroatoms. The van der Waals surface area contributed by atoms with Gasteiger partial charge in [0, 0.05) is 28.9 Å². The van der Waals surface area contributed by atoms with Crippen molar-refractivity contribution in [1.82, 2.24) is 15.2 Å². The molecule has 2 rings (SSSR count). The van der Waals surface area contributed by atoms with Crippen molar-refractivity contribution in [2.24, 2.45) is 0 Å². The molecule has 1 fully saturated rings. The van der Waals surface area contributed by atoms with Gasteiger partial charge in [-0.25, -0.2) is 0 Å². The molecule has 88 valence electrons. The third kappa shape index (κ3) is 2.57. The molecule has 2 N–H and O–H groups in total. The smallest absolute Gasteiger partial charge is 0.270 e. The van der Waals surface area contributed by atoms with Gasteiger partial charge in [0.05, 0.1) is 0 Å². The number of carbonyl (C=O) groups is 1. The first-order chi connectivity index (χ1) is 7.70. The average molecular weight is 333 g/mol. The van der Waals surface area contributed by atoms with Crippen LogP contribution in [0.3, 0.4) is 0 Å². The molecule has 1 aromatic rings. The number of nitrogens with one attached hydrogen (secondary N) is 2. The summed E-state index contributed by atoms with van der Waals surface area (Å²) >= 11 is 2.20. The van der Waals surface area contributed by atoms with E-state index in [0.717, 1.165) is 29.5 Å². The lowest BCUT2D eigenvalue weighted by Gasteiger charge is -2.32. The Morgan fingerprint density at radius 2 is 2.50 bits per heavy atom. The van der Waals surface area contributed by atoms with E-state index in [1.165, 1.54) is 0 Å². The van der Waals surface area contributed by atoms with E-state index in [9.17, 15) is 4.79 Å². The summed E-state index contributed by atoms with van der Waals surface area (Å²) in [5.74, 6) is 0.114. The molecule has 1 atom stereocenters. The van der Waals surface area contributed by atoms with Crippen LogP contribution in [0.5, 0.6) is 0 Å². The third-order valence-corrected chi connectivity index (χ3v) is 3.62. The molecule has 4 nitrogen and oxygen atoms in total. The minimum atomic E-state index is 0.114. The highest BCUT2D eigenvalue weighted by Gasteiger charge is 2.24. The van der Waals surface area contributed by atoms with Crippen molar-refractivity contribution in [3.8, 4) is 0 Å². The highest BCUT2D eigenvalue weighted by molar-refractivity contribution is 14.1. The lowest BCUT2D eigenvalue weighted by atomic mass is 10.1. The van der Waals surface area contributed by atoms with Crippen LogP contribution >= 0.6 is 22.6 Å². The number of aromatic amines is 1. The zero-order chi connectivity index (χ0) is 11.5. The number of hydrogen-bond acceptors (Lipinski definition) is 2. The highest BCUT2D eigenvalue weighted by atomic mass is 127. The second-order valence-corrected chi connectivity index (χ2v) is 5.36. The Bertz CT molecular complexity index is 377. The Labute approximate surface area is 109 Å². The van der Waals surface area contributed by atoms with E-state index in [2.05, 4.69) is 32.9 Å². The van der Waals surface area contributed by atoms with Crippen LogP contribution in [-0.2, 0) is 0 Å². The Hall–Kier alpha value is -0.560. The SMILES string of the molecule is CNC1CCCN(C(=O)c2cc(I)c[nH]2)C1. The lowest BCUT2D eigenvalue weighted by molar-refractivity contribution is 0.0693. The zero-order valence-electron chi connectivity index (χ0n) is 9.29. The van der Waals surface area contributed by atoms with Crippen molar-refractivity contribution >= 4 is 28.5 Å². The molecule has 0 radical (unpaired) electrons. The van der Waals surface area contributed by atoms with E-state index < -0.39 is 0 Å². The van der Waals surface area contributed by atoms with Gasteiger partial charge in [-0.1, -0.05) is 0 Å². The van der Waals surface area contributed by atoms with Gasteiger partial charge in [0.15, 0.2) is 0 Å². The van der Waals surface area contributed by atoms with Gasteiger partial charge in [0.2, 0.25) is 0 Å². The van der Waals surface area contributed by atoms with E-state index in [-0.39, 0.29) is 5.91 Å². The molecule has 1 aliphatic rings. The second-order valence-electron chi connectivity index (χ2n) is 4.11. The predicted octanol–water partition coefficient (Wildman–Crippen LogP) is 1.44. The molecule has 16 heavy (non-hydrogen) atoms. The van der Waals surface area contributed by atoms with Crippen molar-refractivity contribution in [2.75, 3.05) is 20.1 Å². The molecule has 1 amide bonds. The van der Waals surface area contributed by atoms with Crippen molar-refractivity contribution < 1.29 is 4.79 Å². The van der Waals surface area contributed by atoms with Crippen LogP contribution < -0.4 is 5.32 Å². The number of hydrogen-bond donors (Lipinski definition) is 2. The molecule has 0 aromatic carbocycles. The molecule has 0 aliphatic carbocycles. The van der Waals surface area contributed by atoms with Gasteiger partial charge in [-0.05, 0) is 48.5 Å². The Morgan fingerprint density at radius 1 is 1.69 bits per heavy atom. The molecule has 2 heterocycles. The summed E-state index contributed by atoms with van der Waals surface area (Å²) in [6.45, 7) is 1.68. The van der Waals surface area contributed by atoms with E-state index in [0.29, 0.717) is 11.7 Å². The molecule has 1 aliphatic heterocycles. The summed E-state index contributed by atoms with van der Waals surface area (Å²) in [5.41, 5.74) is 0.696. The van der Waals surface area contributed by atoms with Crippen LogP contribution in [0, 0.1) is 3.57 Å². The zero-order valence-corrected chi connectivity index (χ0v) is 11.5. The summed E-state index contributed by atoms with van der Waals surface area (Å²) in [6, 6.07) is 2.33. The van der Waals surface area contributed by atoms with Crippen LogP contribution in [0.15, 0.2) is 12.3 Å². The molecule has 1 aromatic heterocycles. The number of piperidine rings is 1. The van der Waals surface area contributed by atoms with E-state index in [4.69, 9.17) is 0 Å². The number of likely N-dealkylation sites (tertiary alicyclic amines) is 1. The van der Waals surface area contributed by atoms with Crippen molar-refractivity contribution in [3.05, 3.63) is 21.5 Å². The second kappa shape index (κ2) is 5.18. The number of H-pyrrole nitrogens is 1. The normalized spacial score (nSPS) is 21.1. The highest BCUT2D eigenvalue weighted by Crippen LogP contribution is 2.14. The van der Waals surface area contributed by atoms with Gasteiger partial charge in [0.1, 0.15) is 5.69 Å². The molecule has 0 spiro atoms. The molecule has 0 saturated carbocycles. The van der Waals surface area contributed by atoms with E-state index >= 15 is 0 Å². The van der Waals surface area contributed by atoms with E-state index in [1.807, 2.05) is 24.2 Å². The maximum atomic E-state index is 12.1. The fraction of sp³-hybridized carbons (Fsp3) is 0.545. The quantitative estimate of drug-likeness (QED) is 0.805. The molecule has 1 unspecified atom stereocenters. The topological polar surface area (TPSA) is 48.1 Å². The minimum Gasteiger partial charge on any atom is -0.356 e. The number of rotatable bonds is 2. The fourth-order valence-corrected chi connectivity index (χ4v) is 2.53. The number of halogens is 1. The summed E-state index contributed by atoms with van der Waals surface area (Å²) < 4.78 is 1.07. The maximum Gasteiger partial charge on any atom is 0.270 e. The number of likely N-dealkylation sites (N-methyl/N-ethyl adjacent to an activating group) is 1. The number of nitrogens with zero attached hydrogens (tertiary/aromatic N) is 1. The van der Waals surface area contributed by atoms with Crippen LogP contribution in [0.2, 0.25) is 0 Å². The standard InChI is InChI=1S/C11H16IN3O/c1-13-9-3-2-4-15(7-9)11(16)10-5-8(12)6-14-10/h5-6,9,13-14H,2-4,7H2,1H3. The summed E-state index contributed by atoms with van der Waals surface area (Å²) in [5, 5.41) is 3.24. The lowest BCUT2D eigenvalue weighted by Crippen LogP contribution is -2.47. The Kier molecular flexibility index (Phi) is 3.86. The van der Waals surface area contributed by atoms with Crippen molar-refractivity contribution in [2.45, 2.75) is 18.9 Å². The van der Waals surface area contributed by atoms with Crippen molar-refractivity contribution in [1.29, 1.82) is 0 Å². The van der Waals surface area contributed by atoms with Gasteiger partial charge in [0.25, 0.3) is 5.91 Å². The molecule has 0 bridgehead atoms. The number of aromatic nitrogens is 1. The van der Waals surface area contributed by atoms with E-state index in [1.54, 1.807) is 0 Å². The predicted molar refractivity (Wildman–Crippen MR) is 71.5 cm³/mol. The minimum absolute atomic E-state index is 0.114. The van der Waals surface area contributed by atoms with Gasteiger partial charge in [-0.3, -0.25) is 4.79 Å². The van der Waals surface area contributed by atoms with Crippen LogP contribution in [0.4, 0.5) is 0 Å². The first-order valence-corrected chi connectivity index (χ1v) is 6.59. The number of amides is 1. The van der Waals surface area contributed by atoms with Crippen molar-refractivity contribution in [3.63, 3.8) is 0 Å². The molecule has 1 saturated heterocycles. The first-order valence-electron chi connectivity index (χ1n) is 5.51. The fourth-order valence-electron chi connectivity index (χ4n) is 2.06. The Balaban J connectivity index is 2.04. The molecular weight excluding hydrogens is 317 g/mol. The summed E-state index contributed by atoms with van der Waals surface area (Å²) in [6.07, 6.45) is 4.09. The monoisotopic (exact) mass is 333 g/mol. The summed E-state index contributed by atoms with van der Waals surface area (Å²) in [4.78, 5) is 17.1. The van der Waals surface area contributed by atoms with Gasteiger partial charge < -0.3 is 15.2 Å². The first kappa shape index (κ1) is 11.9. The maximum absolute atomic E-state index is 12.1. The average Bonchev–Trinajstić information content (AvgIpc) is 2.75. The molecular formula is C11H16IN3O. The Morgan fingerprint density at radius 3 is 3.12 bits per heavy atom. The van der Waals surface area contributed by atoms with Crippen LogP contribution in [-0.4, -0.2) is 42.0 Å². The third-order valence-electron chi connectivity index (χ3n) is 3.00. The van der Waals surface area contributed by atoms with Gasteiger partial charge in [-0.2, -0.15) is 0 Å². The van der Waals surface area contributed by atoms with Gasteiger partial charge in [-0.15, -0.1) is 0 Å². The van der Waals surface area contributed by atoms with Gasteiger partial charge >= 0.3 is 0 Å². The summed E-state index contributed by atoms with van der Waals surface area (Å²) in [7, 11) is 1.95. The van der Waals surface area contributed by atoms with Crippen LogP contribution in [0.25, 0.3) is 0 Å². The largest absolute Gasteiger partial charge is 0.356 e.